The van der Waals surface area contributed by atoms with Crippen LogP contribution in [0.1, 0.15) is 16.0 Å². The van der Waals surface area contributed by atoms with Crippen LogP contribution in [0.15, 0.2) is 24.4 Å². The summed E-state index contributed by atoms with van der Waals surface area (Å²) in [5.41, 5.74) is 1.53. The van der Waals surface area contributed by atoms with E-state index < -0.39 is 0 Å². The molecule has 3 rings (SSSR count). The van der Waals surface area contributed by atoms with Crippen LogP contribution in [0.2, 0.25) is 0 Å². The highest BCUT2D eigenvalue weighted by Crippen LogP contribution is 2.22. The lowest BCUT2D eigenvalue weighted by Gasteiger charge is -2.26. The highest BCUT2D eigenvalue weighted by molar-refractivity contribution is 7.15. The number of hydrogen-bond acceptors (Lipinski definition) is 4. The van der Waals surface area contributed by atoms with E-state index in [4.69, 9.17) is 4.74 Å². The van der Waals surface area contributed by atoms with Gasteiger partial charge in [-0.3, -0.25) is 5.32 Å². The van der Waals surface area contributed by atoms with Gasteiger partial charge in [-0.15, -0.1) is 11.3 Å². The van der Waals surface area contributed by atoms with Crippen molar-refractivity contribution in [2.45, 2.75) is 13.3 Å². The number of halogens is 1. The molecule has 5 nitrogen and oxygen atoms in total. The van der Waals surface area contributed by atoms with E-state index in [0.29, 0.717) is 43.4 Å². The minimum atomic E-state index is -0.201. The molecule has 0 unspecified atom stereocenters. The van der Waals surface area contributed by atoms with Crippen LogP contribution in [-0.4, -0.2) is 42.2 Å². The number of ether oxygens (including phenoxy) is 1. The summed E-state index contributed by atoms with van der Waals surface area (Å²) in [6.07, 6.45) is 2.32. The number of amides is 2. The van der Waals surface area contributed by atoms with Gasteiger partial charge < -0.3 is 9.64 Å². The summed E-state index contributed by atoms with van der Waals surface area (Å²) < 4.78 is 18.8. The molecule has 1 saturated heterocycles. The molecule has 1 fully saturated rings. The van der Waals surface area contributed by atoms with Crippen molar-refractivity contribution in [3.05, 3.63) is 46.2 Å². The largest absolute Gasteiger partial charge is 0.378 e. The zero-order valence-corrected chi connectivity index (χ0v) is 13.7. The van der Waals surface area contributed by atoms with Gasteiger partial charge in [0.1, 0.15) is 5.82 Å². The van der Waals surface area contributed by atoms with Crippen LogP contribution in [0, 0.1) is 12.7 Å². The Balaban J connectivity index is 1.61. The fourth-order valence-electron chi connectivity index (χ4n) is 2.33. The maximum Gasteiger partial charge on any atom is 0.323 e. The third-order valence-corrected chi connectivity index (χ3v) is 4.59. The van der Waals surface area contributed by atoms with Crippen molar-refractivity contribution in [2.75, 3.05) is 31.6 Å². The van der Waals surface area contributed by atoms with Gasteiger partial charge in [-0.1, -0.05) is 12.1 Å². The number of nitrogens with one attached hydrogen (secondary N) is 1. The van der Waals surface area contributed by atoms with Gasteiger partial charge in [-0.05, 0) is 24.1 Å². The Morgan fingerprint density at radius 3 is 2.96 bits per heavy atom. The Bertz CT molecular complexity index is 698. The van der Waals surface area contributed by atoms with E-state index in [-0.39, 0.29) is 11.8 Å². The number of anilines is 1. The minimum Gasteiger partial charge on any atom is -0.378 e. The standard InChI is InChI=1S/C16H18FN3O2S/c1-11-2-3-12(9-14(11)17)8-13-10-18-15(23-13)19-16(21)20-4-6-22-7-5-20/h2-3,9-10H,4-8H2,1H3,(H,18,19,21). The van der Waals surface area contributed by atoms with Gasteiger partial charge in [0.25, 0.3) is 0 Å². The fraction of sp³-hybridized carbons (Fsp3) is 0.375. The number of morpholine rings is 1. The molecule has 0 radical (unpaired) electrons. The number of hydrogen-bond donors (Lipinski definition) is 1. The number of benzene rings is 1. The number of urea groups is 1. The molecule has 1 N–H and O–H groups in total. The Morgan fingerprint density at radius 2 is 2.22 bits per heavy atom. The maximum atomic E-state index is 13.6. The topological polar surface area (TPSA) is 54.5 Å². The molecule has 0 aliphatic carbocycles. The number of aryl methyl sites for hydroxylation is 1. The molecule has 7 heteroatoms. The molecule has 1 aromatic heterocycles. The number of carbonyl (C=O) groups excluding carboxylic acids is 1. The second-order valence-electron chi connectivity index (χ2n) is 5.42. The van der Waals surface area contributed by atoms with Crippen molar-refractivity contribution in [3.63, 3.8) is 0 Å². The minimum absolute atomic E-state index is 0.157. The predicted octanol–water partition coefficient (Wildman–Crippen LogP) is 3.05. The normalized spacial score (nSPS) is 14.8. The first kappa shape index (κ1) is 15.9. The highest BCUT2D eigenvalue weighted by Gasteiger charge is 2.17. The SMILES string of the molecule is Cc1ccc(Cc2cnc(NC(=O)N3CCOCC3)s2)cc1F. The maximum absolute atomic E-state index is 13.6. The van der Waals surface area contributed by atoms with Gasteiger partial charge in [0.05, 0.1) is 13.2 Å². The van der Waals surface area contributed by atoms with E-state index in [2.05, 4.69) is 10.3 Å². The van der Waals surface area contributed by atoms with E-state index in [9.17, 15) is 9.18 Å². The highest BCUT2D eigenvalue weighted by atomic mass is 32.1. The lowest BCUT2D eigenvalue weighted by molar-refractivity contribution is 0.0564. The Hall–Kier alpha value is -1.99. The molecule has 2 heterocycles. The van der Waals surface area contributed by atoms with Crippen LogP contribution in [0.25, 0.3) is 0 Å². The predicted molar refractivity (Wildman–Crippen MR) is 87.5 cm³/mol. The Labute approximate surface area is 138 Å². The van der Waals surface area contributed by atoms with Crippen LogP contribution in [0.3, 0.4) is 0 Å². The number of carbonyl (C=O) groups is 1. The van der Waals surface area contributed by atoms with Crippen molar-refractivity contribution >= 4 is 22.5 Å². The molecule has 2 aromatic rings. The van der Waals surface area contributed by atoms with Gasteiger partial charge in [-0.2, -0.15) is 0 Å². The monoisotopic (exact) mass is 335 g/mol. The first-order valence-corrected chi connectivity index (χ1v) is 8.27. The van der Waals surface area contributed by atoms with Crippen LogP contribution in [0.5, 0.6) is 0 Å². The molecule has 0 spiro atoms. The molecule has 23 heavy (non-hydrogen) atoms. The van der Waals surface area contributed by atoms with E-state index in [1.807, 2.05) is 6.07 Å². The molecule has 0 atom stereocenters. The first-order chi connectivity index (χ1) is 11.1. The first-order valence-electron chi connectivity index (χ1n) is 7.45. The molecule has 1 aliphatic heterocycles. The van der Waals surface area contributed by atoms with Gasteiger partial charge in [0.15, 0.2) is 5.13 Å². The molecule has 1 aliphatic rings. The summed E-state index contributed by atoms with van der Waals surface area (Å²) in [6, 6.07) is 5.06. The number of rotatable bonds is 3. The third-order valence-electron chi connectivity index (χ3n) is 3.68. The number of nitrogens with zero attached hydrogens (tertiary/aromatic N) is 2. The zero-order valence-electron chi connectivity index (χ0n) is 12.8. The van der Waals surface area contributed by atoms with E-state index in [0.717, 1.165) is 10.4 Å². The summed E-state index contributed by atoms with van der Waals surface area (Å²) in [6.45, 7) is 4.05. The van der Waals surface area contributed by atoms with Crippen molar-refractivity contribution in [1.82, 2.24) is 9.88 Å². The molecule has 0 saturated carbocycles. The molecule has 1 aromatic carbocycles. The summed E-state index contributed by atoms with van der Waals surface area (Å²) in [5, 5.41) is 3.36. The van der Waals surface area contributed by atoms with Crippen molar-refractivity contribution in [3.8, 4) is 0 Å². The number of aromatic nitrogens is 1. The average Bonchev–Trinajstić information content (AvgIpc) is 2.99. The Kier molecular flexibility index (Phi) is 4.88. The molecule has 122 valence electrons. The van der Waals surface area contributed by atoms with E-state index in [1.165, 1.54) is 11.3 Å². The summed E-state index contributed by atoms with van der Waals surface area (Å²) in [7, 11) is 0. The quantitative estimate of drug-likeness (QED) is 0.938. The van der Waals surface area contributed by atoms with Gasteiger partial charge >= 0.3 is 6.03 Å². The summed E-state index contributed by atoms with van der Waals surface area (Å²) in [4.78, 5) is 19.0. The van der Waals surface area contributed by atoms with E-state index in [1.54, 1.807) is 30.2 Å². The second kappa shape index (κ2) is 7.06. The number of thiazole rings is 1. The van der Waals surface area contributed by atoms with Crippen LogP contribution < -0.4 is 5.32 Å². The average molecular weight is 335 g/mol. The molecule has 0 bridgehead atoms. The lowest BCUT2D eigenvalue weighted by Crippen LogP contribution is -2.43. The smallest absolute Gasteiger partial charge is 0.323 e. The molecule has 2 amide bonds. The molecular formula is C16H18FN3O2S. The second-order valence-corrected chi connectivity index (χ2v) is 6.54. The van der Waals surface area contributed by atoms with Crippen molar-refractivity contribution in [1.29, 1.82) is 0 Å². The van der Waals surface area contributed by atoms with Crippen molar-refractivity contribution < 1.29 is 13.9 Å². The van der Waals surface area contributed by atoms with Crippen LogP contribution in [0.4, 0.5) is 14.3 Å². The van der Waals surface area contributed by atoms with Gasteiger partial charge in [0, 0.05) is 30.6 Å². The lowest BCUT2D eigenvalue weighted by atomic mass is 10.1. The third kappa shape index (κ3) is 4.05. The fourth-order valence-corrected chi connectivity index (χ4v) is 3.17. The summed E-state index contributed by atoms with van der Waals surface area (Å²) >= 11 is 1.41. The zero-order chi connectivity index (χ0) is 16.2. The Morgan fingerprint density at radius 1 is 1.43 bits per heavy atom. The van der Waals surface area contributed by atoms with Crippen LogP contribution >= 0.6 is 11.3 Å². The van der Waals surface area contributed by atoms with Crippen molar-refractivity contribution in [2.24, 2.45) is 0 Å². The van der Waals surface area contributed by atoms with Gasteiger partial charge in [-0.25, -0.2) is 14.2 Å². The van der Waals surface area contributed by atoms with E-state index >= 15 is 0 Å². The van der Waals surface area contributed by atoms with Crippen LogP contribution in [-0.2, 0) is 11.2 Å². The van der Waals surface area contributed by atoms with Gasteiger partial charge in [0.2, 0.25) is 0 Å². The molecular weight excluding hydrogens is 317 g/mol. The summed E-state index contributed by atoms with van der Waals surface area (Å²) in [5.74, 6) is -0.201.